The van der Waals surface area contributed by atoms with E-state index in [4.69, 9.17) is 5.26 Å². The zero-order valence-corrected chi connectivity index (χ0v) is 17.4. The summed E-state index contributed by atoms with van der Waals surface area (Å²) < 4.78 is 13.5. The summed E-state index contributed by atoms with van der Waals surface area (Å²) in [6.45, 7) is 4.70. The summed E-state index contributed by atoms with van der Waals surface area (Å²) in [4.78, 5) is 2.46. The maximum absolute atomic E-state index is 13.5. The summed E-state index contributed by atoms with van der Waals surface area (Å²) in [5.74, 6) is 0.148. The second kappa shape index (κ2) is 11.6. The van der Waals surface area contributed by atoms with Crippen LogP contribution in [0.1, 0.15) is 62.1 Å². The topological polar surface area (TPSA) is 27.0 Å². The van der Waals surface area contributed by atoms with Crippen molar-refractivity contribution in [3.05, 3.63) is 71.3 Å². The molecular formula is C25H33FN2. The third kappa shape index (κ3) is 6.46. The van der Waals surface area contributed by atoms with Crippen LogP contribution < -0.4 is 0 Å². The van der Waals surface area contributed by atoms with E-state index in [0.29, 0.717) is 6.04 Å². The third-order valence-corrected chi connectivity index (χ3v) is 5.73. The molecule has 0 spiro atoms. The Morgan fingerprint density at radius 2 is 1.71 bits per heavy atom. The summed E-state index contributed by atoms with van der Waals surface area (Å²) in [5, 5.41) is 7.32. The monoisotopic (exact) mass is 380 g/mol. The molecule has 1 fully saturated rings. The SMILES string of the molecule is CC#N.CCC(CCc1ccc(C2CCC2F)cc1)N(C)Cc1ccccc1. The third-order valence-electron chi connectivity index (χ3n) is 5.73. The summed E-state index contributed by atoms with van der Waals surface area (Å²) >= 11 is 0. The van der Waals surface area contributed by atoms with E-state index in [1.165, 1.54) is 23.6 Å². The lowest BCUT2D eigenvalue weighted by atomic mass is 9.78. The van der Waals surface area contributed by atoms with E-state index in [0.717, 1.165) is 38.6 Å². The maximum Gasteiger partial charge on any atom is 0.107 e. The Bertz CT molecular complexity index is 720. The zero-order valence-electron chi connectivity index (χ0n) is 17.4. The Morgan fingerprint density at radius 1 is 1.07 bits per heavy atom. The molecule has 3 unspecified atom stereocenters. The lowest BCUT2D eigenvalue weighted by Gasteiger charge is -2.31. The molecule has 0 saturated heterocycles. The smallest absolute Gasteiger partial charge is 0.107 e. The van der Waals surface area contributed by atoms with E-state index in [2.05, 4.69) is 73.5 Å². The molecule has 2 aromatic rings. The minimum Gasteiger partial charge on any atom is -0.299 e. The van der Waals surface area contributed by atoms with E-state index in [-0.39, 0.29) is 5.92 Å². The fraction of sp³-hybridized carbons (Fsp3) is 0.480. The van der Waals surface area contributed by atoms with Gasteiger partial charge in [0.1, 0.15) is 6.17 Å². The highest BCUT2D eigenvalue weighted by atomic mass is 19.1. The van der Waals surface area contributed by atoms with Gasteiger partial charge in [-0.05, 0) is 55.8 Å². The van der Waals surface area contributed by atoms with Crippen LogP contribution in [0.2, 0.25) is 0 Å². The number of rotatable bonds is 8. The molecule has 2 nitrogen and oxygen atoms in total. The maximum atomic E-state index is 13.5. The molecule has 0 N–H and O–H groups in total. The van der Waals surface area contributed by atoms with Crippen molar-refractivity contribution in [3.63, 3.8) is 0 Å². The number of benzene rings is 2. The lowest BCUT2D eigenvalue weighted by Crippen LogP contribution is -2.31. The first-order chi connectivity index (χ1) is 13.6. The molecular weight excluding hydrogens is 347 g/mol. The van der Waals surface area contributed by atoms with Crippen molar-refractivity contribution < 1.29 is 4.39 Å². The quantitative estimate of drug-likeness (QED) is 0.539. The molecule has 1 saturated carbocycles. The van der Waals surface area contributed by atoms with Gasteiger partial charge in [0, 0.05) is 25.4 Å². The van der Waals surface area contributed by atoms with Gasteiger partial charge >= 0.3 is 0 Å². The first kappa shape index (κ1) is 22.1. The number of halogens is 1. The Balaban J connectivity index is 0.000000878. The first-order valence-corrected chi connectivity index (χ1v) is 10.4. The lowest BCUT2D eigenvalue weighted by molar-refractivity contribution is 0.170. The minimum atomic E-state index is -0.623. The molecule has 3 rings (SSSR count). The van der Waals surface area contributed by atoms with Gasteiger partial charge in [-0.25, -0.2) is 4.39 Å². The van der Waals surface area contributed by atoms with Crippen LogP contribution in [0.5, 0.6) is 0 Å². The van der Waals surface area contributed by atoms with Crippen LogP contribution in [0.15, 0.2) is 54.6 Å². The number of hydrogen-bond acceptors (Lipinski definition) is 2. The number of nitriles is 1. The molecule has 2 aromatic carbocycles. The number of alkyl halides is 1. The molecule has 1 aliphatic rings. The fourth-order valence-corrected chi connectivity index (χ4v) is 3.84. The van der Waals surface area contributed by atoms with Crippen LogP contribution in [-0.4, -0.2) is 24.2 Å². The van der Waals surface area contributed by atoms with Gasteiger partial charge in [-0.3, -0.25) is 4.90 Å². The Kier molecular flexibility index (Phi) is 9.17. The summed E-state index contributed by atoms with van der Waals surface area (Å²) in [6, 6.07) is 21.7. The van der Waals surface area contributed by atoms with E-state index < -0.39 is 6.17 Å². The summed E-state index contributed by atoms with van der Waals surface area (Å²) in [6.07, 6.45) is 4.52. The van der Waals surface area contributed by atoms with Crippen molar-refractivity contribution in [1.29, 1.82) is 5.26 Å². The highest BCUT2D eigenvalue weighted by Gasteiger charge is 2.31. The molecule has 0 heterocycles. The molecule has 3 heteroatoms. The van der Waals surface area contributed by atoms with Crippen LogP contribution in [-0.2, 0) is 13.0 Å². The van der Waals surface area contributed by atoms with E-state index in [1.54, 1.807) is 6.07 Å². The van der Waals surface area contributed by atoms with Gasteiger partial charge < -0.3 is 0 Å². The highest BCUT2D eigenvalue weighted by molar-refractivity contribution is 5.28. The minimum absolute atomic E-state index is 0.148. The Morgan fingerprint density at radius 3 is 2.21 bits per heavy atom. The van der Waals surface area contributed by atoms with Crippen LogP contribution in [0.25, 0.3) is 0 Å². The fourth-order valence-electron chi connectivity index (χ4n) is 3.84. The predicted octanol–water partition coefficient (Wildman–Crippen LogP) is 6.28. The highest BCUT2D eigenvalue weighted by Crippen LogP contribution is 2.39. The molecule has 0 aliphatic heterocycles. The van der Waals surface area contributed by atoms with Crippen molar-refractivity contribution in [2.75, 3.05) is 7.05 Å². The van der Waals surface area contributed by atoms with Crippen LogP contribution >= 0.6 is 0 Å². The molecule has 28 heavy (non-hydrogen) atoms. The predicted molar refractivity (Wildman–Crippen MR) is 115 cm³/mol. The van der Waals surface area contributed by atoms with Gasteiger partial charge in [0.05, 0.1) is 6.07 Å². The second-order valence-electron chi connectivity index (χ2n) is 7.67. The van der Waals surface area contributed by atoms with Crippen molar-refractivity contribution in [3.8, 4) is 6.07 Å². The Hall–Kier alpha value is -2.18. The van der Waals surface area contributed by atoms with E-state index in [1.807, 2.05) is 0 Å². The molecule has 150 valence electrons. The van der Waals surface area contributed by atoms with Crippen LogP contribution in [0.4, 0.5) is 4.39 Å². The van der Waals surface area contributed by atoms with Crippen molar-refractivity contribution >= 4 is 0 Å². The average molecular weight is 381 g/mol. The standard InChI is InChI=1S/C23H30FN.C2H3N/c1-3-21(25(2)17-19-7-5-4-6-8-19)14-11-18-9-12-20(13-10-18)22-15-16-23(22)24;1-2-3/h4-10,12-13,21-23H,3,11,14-17H2,1-2H3;1H3. The molecule has 0 aromatic heterocycles. The van der Waals surface area contributed by atoms with Crippen LogP contribution in [0.3, 0.4) is 0 Å². The largest absolute Gasteiger partial charge is 0.299 e. The van der Waals surface area contributed by atoms with Gasteiger partial charge in [0.15, 0.2) is 0 Å². The van der Waals surface area contributed by atoms with E-state index >= 15 is 0 Å². The molecule has 0 bridgehead atoms. The molecule has 0 amide bonds. The number of aryl methyl sites for hydroxylation is 1. The second-order valence-corrected chi connectivity index (χ2v) is 7.67. The van der Waals surface area contributed by atoms with Crippen molar-refractivity contribution in [1.82, 2.24) is 4.90 Å². The summed E-state index contributed by atoms with van der Waals surface area (Å²) in [7, 11) is 2.22. The summed E-state index contributed by atoms with van der Waals surface area (Å²) in [5.41, 5.74) is 3.91. The zero-order chi connectivity index (χ0) is 20.4. The normalized spacial score (nSPS) is 19.1. The van der Waals surface area contributed by atoms with Gasteiger partial charge in [-0.1, -0.05) is 61.5 Å². The number of nitrogens with zero attached hydrogens (tertiary/aromatic N) is 2. The van der Waals surface area contributed by atoms with Crippen molar-refractivity contribution in [2.45, 2.75) is 70.6 Å². The molecule has 1 aliphatic carbocycles. The molecule has 3 atom stereocenters. The Labute approximate surface area is 170 Å². The van der Waals surface area contributed by atoms with Gasteiger partial charge in [-0.15, -0.1) is 0 Å². The van der Waals surface area contributed by atoms with Gasteiger partial charge in [0.25, 0.3) is 0 Å². The van der Waals surface area contributed by atoms with Crippen LogP contribution in [0, 0.1) is 11.3 Å². The van der Waals surface area contributed by atoms with E-state index in [9.17, 15) is 4.39 Å². The van der Waals surface area contributed by atoms with Gasteiger partial charge in [-0.2, -0.15) is 5.26 Å². The van der Waals surface area contributed by atoms with Crippen molar-refractivity contribution in [2.24, 2.45) is 0 Å². The van der Waals surface area contributed by atoms with Gasteiger partial charge in [0.2, 0.25) is 0 Å². The first-order valence-electron chi connectivity index (χ1n) is 10.4. The average Bonchev–Trinajstić information content (AvgIpc) is 2.70. The number of hydrogen-bond donors (Lipinski definition) is 0. The molecule has 0 radical (unpaired) electrons.